The van der Waals surface area contributed by atoms with Gasteiger partial charge in [0.2, 0.25) is 5.91 Å². The molecular weight excluding hydrogens is 224 g/mol. The van der Waals surface area contributed by atoms with Crippen molar-refractivity contribution in [2.24, 2.45) is 0 Å². The minimum Gasteiger partial charge on any atom is -0.353 e. The lowest BCUT2D eigenvalue weighted by Gasteiger charge is -2.14. The van der Waals surface area contributed by atoms with Gasteiger partial charge in [0.15, 0.2) is 0 Å². The molecule has 0 bridgehead atoms. The lowest BCUT2D eigenvalue weighted by atomic mass is 10.1. The second kappa shape index (κ2) is 8.48. The fourth-order valence-corrected chi connectivity index (χ4v) is 1.71. The minimum atomic E-state index is 0.0393. The quantitative estimate of drug-likeness (QED) is 0.543. The van der Waals surface area contributed by atoms with Crippen LogP contribution in [0.25, 0.3) is 0 Å². The van der Waals surface area contributed by atoms with Crippen LogP contribution in [-0.4, -0.2) is 25.0 Å². The zero-order valence-electron chi connectivity index (χ0n) is 11.0. The lowest BCUT2D eigenvalue weighted by Crippen LogP contribution is -2.39. The van der Waals surface area contributed by atoms with Crippen molar-refractivity contribution in [3.8, 4) is 0 Å². The largest absolute Gasteiger partial charge is 0.353 e. The highest BCUT2D eigenvalue weighted by Gasteiger charge is 2.06. The Balaban J connectivity index is 2.19. The Morgan fingerprint density at radius 2 is 2.11 bits per heavy atom. The Kier molecular flexibility index (Phi) is 6.81. The first-order valence-electron chi connectivity index (χ1n) is 6.37. The molecule has 3 heteroatoms. The highest BCUT2D eigenvalue weighted by Crippen LogP contribution is 2.04. The van der Waals surface area contributed by atoms with Gasteiger partial charge >= 0.3 is 0 Å². The van der Waals surface area contributed by atoms with E-state index in [1.807, 2.05) is 25.1 Å². The van der Waals surface area contributed by atoms with E-state index in [0.29, 0.717) is 13.1 Å². The molecule has 0 saturated heterocycles. The molecule has 0 heterocycles. The van der Waals surface area contributed by atoms with Crippen molar-refractivity contribution in [3.63, 3.8) is 0 Å². The number of hydrogen-bond acceptors (Lipinski definition) is 2. The van der Waals surface area contributed by atoms with Gasteiger partial charge in [-0.3, -0.25) is 4.79 Å². The first-order chi connectivity index (χ1) is 8.72. The summed E-state index contributed by atoms with van der Waals surface area (Å²) in [5.74, 6) is 0.0393. The number of aryl methyl sites for hydroxylation is 1. The first kappa shape index (κ1) is 14.5. The van der Waals surface area contributed by atoms with Crippen LogP contribution in [-0.2, 0) is 11.2 Å². The molecule has 0 aliphatic heterocycles. The van der Waals surface area contributed by atoms with Gasteiger partial charge in [-0.1, -0.05) is 36.4 Å². The van der Waals surface area contributed by atoms with Gasteiger partial charge in [0.1, 0.15) is 0 Å². The Bertz CT molecular complexity index is 362. The van der Waals surface area contributed by atoms with E-state index in [1.165, 1.54) is 5.56 Å². The zero-order chi connectivity index (χ0) is 13.2. The highest BCUT2D eigenvalue weighted by molar-refractivity contribution is 5.78. The van der Waals surface area contributed by atoms with Crippen molar-refractivity contribution in [1.82, 2.24) is 10.6 Å². The van der Waals surface area contributed by atoms with Crippen LogP contribution in [0, 0.1) is 0 Å². The molecule has 1 atom stereocenters. The standard InChI is InChI=1S/C15H22N2O/c1-3-11-16-12-15(18)17-13(2)9-10-14-7-5-4-6-8-14/h3-8,13,16H,1,9-12H2,2H3,(H,17,18). The normalized spacial score (nSPS) is 11.8. The number of carbonyl (C=O) groups is 1. The summed E-state index contributed by atoms with van der Waals surface area (Å²) in [5.41, 5.74) is 1.31. The predicted molar refractivity (Wildman–Crippen MR) is 75.4 cm³/mol. The van der Waals surface area contributed by atoms with Gasteiger partial charge in [-0.15, -0.1) is 6.58 Å². The third-order valence-corrected chi connectivity index (χ3v) is 2.69. The van der Waals surface area contributed by atoms with Crippen molar-refractivity contribution in [1.29, 1.82) is 0 Å². The average molecular weight is 246 g/mol. The minimum absolute atomic E-state index is 0.0393. The van der Waals surface area contributed by atoms with Crippen LogP contribution in [0.15, 0.2) is 43.0 Å². The van der Waals surface area contributed by atoms with Crippen LogP contribution in [0.3, 0.4) is 0 Å². The van der Waals surface area contributed by atoms with Gasteiger partial charge in [0, 0.05) is 12.6 Å². The van der Waals surface area contributed by atoms with Crippen molar-refractivity contribution in [3.05, 3.63) is 48.6 Å². The maximum atomic E-state index is 11.5. The second-order valence-corrected chi connectivity index (χ2v) is 4.41. The molecule has 1 unspecified atom stereocenters. The monoisotopic (exact) mass is 246 g/mol. The molecule has 0 radical (unpaired) electrons. The fourth-order valence-electron chi connectivity index (χ4n) is 1.71. The number of amides is 1. The third kappa shape index (κ3) is 6.21. The summed E-state index contributed by atoms with van der Waals surface area (Å²) < 4.78 is 0. The molecule has 1 aromatic rings. The Hall–Kier alpha value is -1.61. The lowest BCUT2D eigenvalue weighted by molar-refractivity contribution is -0.120. The number of nitrogens with one attached hydrogen (secondary N) is 2. The number of hydrogen-bond donors (Lipinski definition) is 2. The van der Waals surface area contributed by atoms with Gasteiger partial charge in [0.05, 0.1) is 6.54 Å². The van der Waals surface area contributed by atoms with E-state index in [1.54, 1.807) is 6.08 Å². The molecule has 0 saturated carbocycles. The zero-order valence-corrected chi connectivity index (χ0v) is 11.0. The highest BCUT2D eigenvalue weighted by atomic mass is 16.1. The van der Waals surface area contributed by atoms with Crippen molar-refractivity contribution < 1.29 is 4.79 Å². The van der Waals surface area contributed by atoms with Gasteiger partial charge in [-0.05, 0) is 25.3 Å². The molecule has 0 spiro atoms. The van der Waals surface area contributed by atoms with Crippen LogP contribution in [0.2, 0.25) is 0 Å². The molecule has 0 aromatic heterocycles. The summed E-state index contributed by atoms with van der Waals surface area (Å²) in [6, 6.07) is 10.5. The van der Waals surface area contributed by atoms with Crippen LogP contribution in [0.4, 0.5) is 0 Å². The van der Waals surface area contributed by atoms with Gasteiger partial charge < -0.3 is 10.6 Å². The van der Waals surface area contributed by atoms with Crippen LogP contribution >= 0.6 is 0 Å². The van der Waals surface area contributed by atoms with E-state index in [-0.39, 0.29) is 11.9 Å². The third-order valence-electron chi connectivity index (χ3n) is 2.69. The Morgan fingerprint density at radius 3 is 2.78 bits per heavy atom. The van der Waals surface area contributed by atoms with Crippen LogP contribution < -0.4 is 10.6 Å². The molecule has 2 N–H and O–H groups in total. The van der Waals surface area contributed by atoms with E-state index >= 15 is 0 Å². The van der Waals surface area contributed by atoms with Crippen molar-refractivity contribution in [2.45, 2.75) is 25.8 Å². The van der Waals surface area contributed by atoms with Crippen LogP contribution in [0.5, 0.6) is 0 Å². The number of rotatable bonds is 8. The molecule has 0 aliphatic carbocycles. The average Bonchev–Trinajstić information content (AvgIpc) is 2.38. The van der Waals surface area contributed by atoms with Gasteiger partial charge in [-0.25, -0.2) is 0 Å². The molecule has 98 valence electrons. The van der Waals surface area contributed by atoms with E-state index < -0.39 is 0 Å². The maximum Gasteiger partial charge on any atom is 0.234 e. The van der Waals surface area contributed by atoms with E-state index in [9.17, 15) is 4.79 Å². The second-order valence-electron chi connectivity index (χ2n) is 4.41. The number of benzene rings is 1. The van der Waals surface area contributed by atoms with E-state index in [2.05, 4.69) is 29.3 Å². The summed E-state index contributed by atoms with van der Waals surface area (Å²) in [6.45, 7) is 6.63. The smallest absolute Gasteiger partial charge is 0.234 e. The number of carbonyl (C=O) groups excluding carboxylic acids is 1. The summed E-state index contributed by atoms with van der Waals surface area (Å²) in [6.07, 6.45) is 3.69. The van der Waals surface area contributed by atoms with E-state index in [0.717, 1.165) is 12.8 Å². The maximum absolute atomic E-state index is 11.5. The van der Waals surface area contributed by atoms with Crippen LogP contribution in [0.1, 0.15) is 18.9 Å². The molecule has 1 amide bonds. The molecule has 1 rings (SSSR count). The molecule has 0 aliphatic rings. The van der Waals surface area contributed by atoms with Crippen molar-refractivity contribution >= 4 is 5.91 Å². The molecule has 18 heavy (non-hydrogen) atoms. The summed E-state index contributed by atoms with van der Waals surface area (Å²) in [7, 11) is 0. The molecular formula is C15H22N2O. The summed E-state index contributed by atoms with van der Waals surface area (Å²) in [5, 5.41) is 5.96. The molecule has 0 fully saturated rings. The summed E-state index contributed by atoms with van der Waals surface area (Å²) in [4.78, 5) is 11.5. The fraction of sp³-hybridized carbons (Fsp3) is 0.400. The Labute approximate surface area is 109 Å². The first-order valence-corrected chi connectivity index (χ1v) is 6.37. The molecule has 3 nitrogen and oxygen atoms in total. The summed E-state index contributed by atoms with van der Waals surface area (Å²) >= 11 is 0. The van der Waals surface area contributed by atoms with E-state index in [4.69, 9.17) is 0 Å². The van der Waals surface area contributed by atoms with Crippen molar-refractivity contribution in [2.75, 3.05) is 13.1 Å². The van der Waals surface area contributed by atoms with Gasteiger partial charge in [-0.2, -0.15) is 0 Å². The molecule has 1 aromatic carbocycles. The Morgan fingerprint density at radius 1 is 1.39 bits per heavy atom. The topological polar surface area (TPSA) is 41.1 Å². The predicted octanol–water partition coefficient (Wildman–Crippen LogP) is 1.90. The SMILES string of the molecule is C=CCNCC(=O)NC(C)CCc1ccccc1. The van der Waals surface area contributed by atoms with Gasteiger partial charge in [0.25, 0.3) is 0 Å².